The van der Waals surface area contributed by atoms with Crippen LogP contribution in [0.25, 0.3) is 0 Å². The molecule has 0 aliphatic rings. The number of halogens is 2. The Morgan fingerprint density at radius 2 is 2.10 bits per heavy atom. The minimum absolute atomic E-state index is 0.147. The van der Waals surface area contributed by atoms with Gasteiger partial charge in [0.15, 0.2) is 5.75 Å². The Morgan fingerprint density at radius 3 is 2.70 bits per heavy atom. The SMILES string of the molecule is COc1cnn(C(C)C)c1C(O)c1cc(Br)ccc1I. The molecule has 4 nitrogen and oxygen atoms in total. The first-order chi connectivity index (χ1) is 9.45. The molecule has 20 heavy (non-hydrogen) atoms. The number of aromatic nitrogens is 2. The Morgan fingerprint density at radius 1 is 1.40 bits per heavy atom. The van der Waals surface area contributed by atoms with Gasteiger partial charge in [0.1, 0.15) is 11.8 Å². The third-order valence-corrected chi connectivity index (χ3v) is 4.50. The molecule has 2 rings (SSSR count). The molecule has 0 fully saturated rings. The molecule has 0 bridgehead atoms. The van der Waals surface area contributed by atoms with Gasteiger partial charge in [-0.1, -0.05) is 15.9 Å². The van der Waals surface area contributed by atoms with E-state index in [1.54, 1.807) is 18.0 Å². The van der Waals surface area contributed by atoms with E-state index in [1.807, 2.05) is 32.0 Å². The van der Waals surface area contributed by atoms with Crippen molar-refractivity contribution in [2.45, 2.75) is 26.0 Å². The van der Waals surface area contributed by atoms with Crippen molar-refractivity contribution < 1.29 is 9.84 Å². The largest absolute Gasteiger partial charge is 0.493 e. The maximum atomic E-state index is 10.8. The monoisotopic (exact) mass is 450 g/mol. The highest BCUT2D eigenvalue weighted by Crippen LogP contribution is 2.34. The molecule has 1 aromatic heterocycles. The van der Waals surface area contributed by atoms with Gasteiger partial charge in [0, 0.05) is 19.6 Å². The first-order valence-corrected chi connectivity index (χ1v) is 8.07. The number of aliphatic hydroxyl groups is 1. The van der Waals surface area contributed by atoms with Crippen molar-refractivity contribution in [3.05, 3.63) is 43.7 Å². The minimum Gasteiger partial charge on any atom is -0.493 e. The lowest BCUT2D eigenvalue weighted by atomic mass is 10.1. The maximum absolute atomic E-state index is 10.8. The lowest BCUT2D eigenvalue weighted by Gasteiger charge is -2.18. The highest BCUT2D eigenvalue weighted by atomic mass is 127. The van der Waals surface area contributed by atoms with Gasteiger partial charge in [-0.2, -0.15) is 5.10 Å². The fraction of sp³-hybridized carbons (Fsp3) is 0.357. The predicted octanol–water partition coefficient (Wildman–Crippen LogP) is 3.92. The molecule has 1 unspecified atom stereocenters. The molecular formula is C14H16BrIN2O2. The first kappa shape index (κ1) is 15.8. The molecule has 0 spiro atoms. The van der Waals surface area contributed by atoms with E-state index >= 15 is 0 Å². The molecule has 6 heteroatoms. The minimum atomic E-state index is -0.778. The molecule has 0 saturated carbocycles. The van der Waals surface area contributed by atoms with Crippen molar-refractivity contribution in [2.75, 3.05) is 7.11 Å². The number of hydrogen-bond acceptors (Lipinski definition) is 3. The molecule has 1 N–H and O–H groups in total. The zero-order chi connectivity index (χ0) is 14.9. The van der Waals surface area contributed by atoms with Crippen LogP contribution in [0.5, 0.6) is 5.75 Å². The summed E-state index contributed by atoms with van der Waals surface area (Å²) in [6.07, 6.45) is 0.864. The average molecular weight is 451 g/mol. The average Bonchev–Trinajstić information content (AvgIpc) is 2.84. The number of rotatable bonds is 4. The Hall–Kier alpha value is -0.600. The van der Waals surface area contributed by atoms with Crippen molar-refractivity contribution in [1.82, 2.24) is 9.78 Å². The van der Waals surface area contributed by atoms with Crippen LogP contribution in [-0.4, -0.2) is 22.0 Å². The Bertz CT molecular complexity index is 613. The van der Waals surface area contributed by atoms with Crippen LogP contribution < -0.4 is 4.74 Å². The third kappa shape index (κ3) is 3.01. The van der Waals surface area contributed by atoms with Crippen LogP contribution in [0, 0.1) is 3.57 Å². The van der Waals surface area contributed by atoms with Crippen LogP contribution in [0.3, 0.4) is 0 Å². The molecular weight excluding hydrogens is 435 g/mol. The molecule has 0 radical (unpaired) electrons. The summed E-state index contributed by atoms with van der Waals surface area (Å²) in [5.41, 5.74) is 1.51. The summed E-state index contributed by atoms with van der Waals surface area (Å²) in [7, 11) is 1.59. The number of ether oxygens (including phenoxy) is 1. The van der Waals surface area contributed by atoms with E-state index in [9.17, 15) is 5.11 Å². The van der Waals surface area contributed by atoms with E-state index in [-0.39, 0.29) is 6.04 Å². The van der Waals surface area contributed by atoms with Crippen LogP contribution >= 0.6 is 38.5 Å². The van der Waals surface area contributed by atoms with Crippen molar-refractivity contribution in [3.8, 4) is 5.75 Å². The topological polar surface area (TPSA) is 47.3 Å². The molecule has 1 heterocycles. The standard InChI is InChI=1S/C14H16BrIN2O2/c1-8(2)18-13(12(20-3)7-17-18)14(19)10-6-9(15)4-5-11(10)16/h4-8,14,19H,1-3H3. The van der Waals surface area contributed by atoms with Gasteiger partial charge in [-0.15, -0.1) is 0 Å². The molecule has 0 aliphatic carbocycles. The van der Waals surface area contributed by atoms with Gasteiger partial charge in [-0.25, -0.2) is 0 Å². The van der Waals surface area contributed by atoms with Gasteiger partial charge in [-0.05, 0) is 54.6 Å². The molecule has 0 saturated heterocycles. The number of nitrogens with zero attached hydrogens (tertiary/aromatic N) is 2. The summed E-state index contributed by atoms with van der Waals surface area (Å²) in [6, 6.07) is 5.98. The molecule has 2 aromatic rings. The fourth-order valence-electron chi connectivity index (χ4n) is 2.06. The van der Waals surface area contributed by atoms with E-state index in [2.05, 4.69) is 43.6 Å². The smallest absolute Gasteiger partial charge is 0.163 e. The van der Waals surface area contributed by atoms with Crippen LogP contribution in [0.2, 0.25) is 0 Å². The van der Waals surface area contributed by atoms with Gasteiger partial charge < -0.3 is 9.84 Å². The molecule has 0 aliphatic heterocycles. The van der Waals surface area contributed by atoms with E-state index in [0.717, 1.165) is 13.6 Å². The Balaban J connectivity index is 2.55. The molecule has 108 valence electrons. The highest BCUT2D eigenvalue weighted by molar-refractivity contribution is 14.1. The number of benzene rings is 1. The second-order valence-electron chi connectivity index (χ2n) is 4.70. The van der Waals surface area contributed by atoms with E-state index in [0.29, 0.717) is 11.4 Å². The van der Waals surface area contributed by atoms with Gasteiger partial charge in [0.2, 0.25) is 0 Å². The molecule has 1 aromatic carbocycles. The zero-order valence-corrected chi connectivity index (χ0v) is 15.2. The van der Waals surface area contributed by atoms with Crippen LogP contribution in [0.1, 0.15) is 37.3 Å². The predicted molar refractivity (Wildman–Crippen MR) is 90.1 cm³/mol. The summed E-state index contributed by atoms with van der Waals surface area (Å²) < 4.78 is 9.05. The van der Waals surface area contributed by atoms with Gasteiger partial charge >= 0.3 is 0 Å². The second kappa shape index (κ2) is 6.44. The van der Waals surface area contributed by atoms with E-state index in [1.165, 1.54) is 0 Å². The van der Waals surface area contributed by atoms with Crippen molar-refractivity contribution in [1.29, 1.82) is 0 Å². The summed E-state index contributed by atoms with van der Waals surface area (Å²) in [6.45, 7) is 4.04. The molecule has 0 amide bonds. The third-order valence-electron chi connectivity index (χ3n) is 3.02. The van der Waals surface area contributed by atoms with Crippen molar-refractivity contribution >= 4 is 38.5 Å². The van der Waals surface area contributed by atoms with Crippen LogP contribution in [-0.2, 0) is 0 Å². The van der Waals surface area contributed by atoms with Gasteiger partial charge in [0.05, 0.1) is 13.3 Å². The fourth-order valence-corrected chi connectivity index (χ4v) is 3.07. The Labute approximate surface area is 140 Å². The first-order valence-electron chi connectivity index (χ1n) is 6.20. The summed E-state index contributed by atoms with van der Waals surface area (Å²) in [4.78, 5) is 0. The van der Waals surface area contributed by atoms with Crippen molar-refractivity contribution in [3.63, 3.8) is 0 Å². The molecule has 1 atom stereocenters. The quantitative estimate of drug-likeness (QED) is 0.718. The van der Waals surface area contributed by atoms with Gasteiger partial charge in [-0.3, -0.25) is 4.68 Å². The Kier molecular flexibility index (Phi) is 5.09. The lowest BCUT2D eigenvalue weighted by molar-refractivity contribution is 0.198. The normalized spacial score (nSPS) is 12.8. The zero-order valence-electron chi connectivity index (χ0n) is 11.5. The second-order valence-corrected chi connectivity index (χ2v) is 6.78. The maximum Gasteiger partial charge on any atom is 0.163 e. The number of hydrogen-bond donors (Lipinski definition) is 1. The number of methoxy groups -OCH3 is 1. The van der Waals surface area contributed by atoms with E-state index < -0.39 is 6.10 Å². The highest BCUT2D eigenvalue weighted by Gasteiger charge is 2.24. The van der Waals surface area contributed by atoms with Crippen molar-refractivity contribution in [2.24, 2.45) is 0 Å². The van der Waals surface area contributed by atoms with E-state index in [4.69, 9.17) is 4.74 Å². The summed E-state index contributed by atoms with van der Waals surface area (Å²) >= 11 is 5.66. The summed E-state index contributed by atoms with van der Waals surface area (Å²) in [5, 5.41) is 15.1. The van der Waals surface area contributed by atoms with Crippen LogP contribution in [0.15, 0.2) is 28.9 Å². The number of aliphatic hydroxyl groups excluding tert-OH is 1. The van der Waals surface area contributed by atoms with Crippen LogP contribution in [0.4, 0.5) is 0 Å². The van der Waals surface area contributed by atoms with Gasteiger partial charge in [0.25, 0.3) is 0 Å². The lowest BCUT2D eigenvalue weighted by Crippen LogP contribution is -2.14. The summed E-state index contributed by atoms with van der Waals surface area (Å²) in [5.74, 6) is 0.599.